The molecule has 4 nitrogen and oxygen atoms in total. The highest BCUT2D eigenvalue weighted by Gasteiger charge is 2.23. The summed E-state index contributed by atoms with van der Waals surface area (Å²) < 4.78 is 2.10. The van der Waals surface area contributed by atoms with Crippen molar-refractivity contribution in [2.24, 2.45) is 0 Å². The van der Waals surface area contributed by atoms with E-state index >= 15 is 0 Å². The summed E-state index contributed by atoms with van der Waals surface area (Å²) in [5.41, 5.74) is 2.56. The molecule has 0 aliphatic carbocycles. The minimum atomic E-state index is 0.283. The van der Waals surface area contributed by atoms with Gasteiger partial charge in [-0.15, -0.1) is 0 Å². The van der Waals surface area contributed by atoms with Crippen molar-refractivity contribution in [3.8, 4) is 6.07 Å². The first kappa shape index (κ1) is 10.3. The molecule has 0 amide bonds. The van der Waals surface area contributed by atoms with Gasteiger partial charge < -0.3 is 5.32 Å². The highest BCUT2D eigenvalue weighted by atomic mass is 15.1. The molecule has 1 fully saturated rings. The fourth-order valence-corrected chi connectivity index (χ4v) is 2.55. The molecule has 3 heterocycles. The molecule has 86 valence electrons. The molecule has 0 radical (unpaired) electrons. The molecule has 2 aromatic rings. The average Bonchev–Trinajstić information content (AvgIpc) is 2.95. The second-order valence-electron chi connectivity index (χ2n) is 4.47. The van der Waals surface area contributed by atoms with Gasteiger partial charge in [0, 0.05) is 5.69 Å². The molecule has 0 saturated carbocycles. The van der Waals surface area contributed by atoms with E-state index in [9.17, 15) is 0 Å². The fraction of sp³-hybridized carbons (Fsp3) is 0.385. The van der Waals surface area contributed by atoms with Crippen LogP contribution in [0.5, 0.6) is 0 Å². The van der Waals surface area contributed by atoms with Gasteiger partial charge >= 0.3 is 0 Å². The standard InChI is InChI=1S/C13H14N4/c1-9-4-2-6-12-11(8-14)16-13(17(9)12)10-5-3-7-15-10/h2,4,6,10,15H,3,5,7H2,1H3. The Kier molecular flexibility index (Phi) is 2.34. The van der Waals surface area contributed by atoms with E-state index in [1.807, 2.05) is 25.1 Å². The normalized spacial score (nSPS) is 19.6. The van der Waals surface area contributed by atoms with Gasteiger partial charge in [0.1, 0.15) is 11.9 Å². The largest absolute Gasteiger partial charge is 0.307 e. The van der Waals surface area contributed by atoms with Gasteiger partial charge in [0.15, 0.2) is 5.69 Å². The number of pyridine rings is 1. The minimum Gasteiger partial charge on any atom is -0.307 e. The Morgan fingerprint density at radius 2 is 2.41 bits per heavy atom. The molecule has 1 saturated heterocycles. The van der Waals surface area contributed by atoms with Crippen molar-refractivity contribution < 1.29 is 0 Å². The van der Waals surface area contributed by atoms with Gasteiger partial charge in [0.2, 0.25) is 0 Å². The van der Waals surface area contributed by atoms with Crippen LogP contribution in [0.15, 0.2) is 18.2 Å². The van der Waals surface area contributed by atoms with Crippen LogP contribution in [-0.2, 0) is 0 Å². The molecule has 1 aliphatic heterocycles. The van der Waals surface area contributed by atoms with Gasteiger partial charge in [0.05, 0.1) is 11.6 Å². The zero-order valence-corrected chi connectivity index (χ0v) is 9.77. The number of imidazole rings is 1. The summed E-state index contributed by atoms with van der Waals surface area (Å²) >= 11 is 0. The second kappa shape index (κ2) is 3.86. The summed E-state index contributed by atoms with van der Waals surface area (Å²) in [6.07, 6.45) is 2.27. The summed E-state index contributed by atoms with van der Waals surface area (Å²) in [5, 5.41) is 12.6. The second-order valence-corrected chi connectivity index (χ2v) is 4.47. The number of fused-ring (bicyclic) bond motifs is 1. The molecule has 17 heavy (non-hydrogen) atoms. The molecule has 0 aromatic carbocycles. The quantitative estimate of drug-likeness (QED) is 0.808. The number of rotatable bonds is 1. The zero-order valence-electron chi connectivity index (χ0n) is 9.77. The lowest BCUT2D eigenvalue weighted by atomic mass is 10.2. The van der Waals surface area contributed by atoms with Gasteiger partial charge in [-0.1, -0.05) is 6.07 Å². The minimum absolute atomic E-state index is 0.283. The third kappa shape index (κ3) is 1.51. The van der Waals surface area contributed by atoms with E-state index in [0.29, 0.717) is 5.69 Å². The van der Waals surface area contributed by atoms with Crippen LogP contribution in [0.25, 0.3) is 5.52 Å². The third-order valence-electron chi connectivity index (χ3n) is 3.36. The van der Waals surface area contributed by atoms with Gasteiger partial charge in [-0.25, -0.2) is 4.98 Å². The molecular formula is C13H14N4. The predicted octanol–water partition coefficient (Wildman–Crippen LogP) is 1.94. The number of hydrogen-bond donors (Lipinski definition) is 1. The predicted molar refractivity (Wildman–Crippen MR) is 64.6 cm³/mol. The van der Waals surface area contributed by atoms with Crippen molar-refractivity contribution in [1.82, 2.24) is 14.7 Å². The summed E-state index contributed by atoms with van der Waals surface area (Å²) in [5.74, 6) is 0.979. The van der Waals surface area contributed by atoms with Crippen molar-refractivity contribution in [3.05, 3.63) is 35.4 Å². The Balaban J connectivity index is 2.27. The maximum atomic E-state index is 9.14. The van der Waals surface area contributed by atoms with Crippen LogP contribution in [0, 0.1) is 18.3 Å². The zero-order chi connectivity index (χ0) is 11.8. The maximum absolute atomic E-state index is 9.14. The lowest BCUT2D eigenvalue weighted by molar-refractivity contribution is 0.600. The molecule has 1 aliphatic rings. The van der Waals surface area contributed by atoms with Gasteiger partial charge in [-0.3, -0.25) is 4.40 Å². The van der Waals surface area contributed by atoms with E-state index < -0.39 is 0 Å². The Labute approximate surface area is 99.9 Å². The van der Waals surface area contributed by atoms with Crippen LogP contribution < -0.4 is 5.32 Å². The van der Waals surface area contributed by atoms with E-state index in [0.717, 1.165) is 30.0 Å². The smallest absolute Gasteiger partial charge is 0.166 e. The van der Waals surface area contributed by atoms with E-state index in [1.165, 1.54) is 6.42 Å². The highest BCUT2D eigenvalue weighted by molar-refractivity contribution is 5.59. The van der Waals surface area contributed by atoms with Crippen molar-refractivity contribution in [1.29, 1.82) is 5.26 Å². The van der Waals surface area contributed by atoms with Crippen LogP contribution >= 0.6 is 0 Å². The number of nitrogens with one attached hydrogen (secondary N) is 1. The summed E-state index contributed by atoms with van der Waals surface area (Å²) in [4.78, 5) is 4.49. The Morgan fingerprint density at radius 1 is 1.53 bits per heavy atom. The Morgan fingerprint density at radius 3 is 3.12 bits per heavy atom. The van der Waals surface area contributed by atoms with Gasteiger partial charge in [-0.05, 0) is 38.4 Å². The number of hydrogen-bond acceptors (Lipinski definition) is 3. The van der Waals surface area contributed by atoms with E-state index in [-0.39, 0.29) is 6.04 Å². The first-order valence-electron chi connectivity index (χ1n) is 5.92. The molecule has 4 heteroatoms. The van der Waals surface area contributed by atoms with Gasteiger partial charge in [0.25, 0.3) is 0 Å². The summed E-state index contributed by atoms with van der Waals surface area (Å²) in [7, 11) is 0. The lowest BCUT2D eigenvalue weighted by Crippen LogP contribution is -2.16. The van der Waals surface area contributed by atoms with E-state index in [1.54, 1.807) is 0 Å². The molecule has 2 aromatic heterocycles. The highest BCUT2D eigenvalue weighted by Crippen LogP contribution is 2.25. The lowest BCUT2D eigenvalue weighted by Gasteiger charge is -2.10. The molecule has 1 atom stereocenters. The van der Waals surface area contributed by atoms with Crippen molar-refractivity contribution >= 4 is 5.52 Å². The average molecular weight is 226 g/mol. The first-order valence-corrected chi connectivity index (χ1v) is 5.92. The summed E-state index contributed by atoms with van der Waals surface area (Å²) in [6.45, 7) is 3.08. The van der Waals surface area contributed by atoms with Crippen LogP contribution in [0.3, 0.4) is 0 Å². The monoisotopic (exact) mass is 226 g/mol. The van der Waals surface area contributed by atoms with Crippen molar-refractivity contribution in [2.75, 3.05) is 6.54 Å². The van der Waals surface area contributed by atoms with Crippen molar-refractivity contribution in [2.45, 2.75) is 25.8 Å². The Bertz CT molecular complexity index is 600. The van der Waals surface area contributed by atoms with E-state index in [2.05, 4.69) is 20.8 Å². The number of nitrogens with zero attached hydrogens (tertiary/aromatic N) is 3. The van der Waals surface area contributed by atoms with Crippen LogP contribution in [-0.4, -0.2) is 15.9 Å². The number of aromatic nitrogens is 2. The molecule has 0 spiro atoms. The maximum Gasteiger partial charge on any atom is 0.166 e. The van der Waals surface area contributed by atoms with Crippen LogP contribution in [0.1, 0.15) is 36.1 Å². The molecule has 0 bridgehead atoms. The first-order chi connectivity index (χ1) is 8.31. The molecule has 3 rings (SSSR count). The van der Waals surface area contributed by atoms with Crippen LogP contribution in [0.4, 0.5) is 0 Å². The molecule has 1 unspecified atom stereocenters. The van der Waals surface area contributed by atoms with Crippen molar-refractivity contribution in [3.63, 3.8) is 0 Å². The van der Waals surface area contributed by atoms with Crippen LogP contribution in [0.2, 0.25) is 0 Å². The topological polar surface area (TPSA) is 53.1 Å². The molecule has 1 N–H and O–H groups in total. The fourth-order valence-electron chi connectivity index (χ4n) is 2.55. The molecular weight excluding hydrogens is 212 g/mol. The summed E-state index contributed by atoms with van der Waals surface area (Å²) in [6, 6.07) is 8.44. The number of nitriles is 1. The third-order valence-corrected chi connectivity index (χ3v) is 3.36. The van der Waals surface area contributed by atoms with Gasteiger partial charge in [-0.2, -0.15) is 5.26 Å². The van der Waals surface area contributed by atoms with E-state index in [4.69, 9.17) is 5.26 Å². The number of aryl methyl sites for hydroxylation is 1. The SMILES string of the molecule is Cc1cccc2c(C#N)nc(C3CCCN3)n12. The Hall–Kier alpha value is -1.86.